The van der Waals surface area contributed by atoms with Crippen LogP contribution in [-0.4, -0.2) is 82.4 Å². The lowest BCUT2D eigenvalue weighted by Crippen LogP contribution is -2.51. The Hall–Kier alpha value is -1.64. The number of methoxy groups -OCH3 is 1. The first-order valence-corrected chi connectivity index (χ1v) is 14.9. The fourth-order valence-electron chi connectivity index (χ4n) is 6.07. The number of hydrogen-bond acceptors (Lipinski definition) is 6. The van der Waals surface area contributed by atoms with E-state index in [0.29, 0.717) is 33.6 Å². The Morgan fingerprint density at radius 1 is 1.03 bits per heavy atom. The van der Waals surface area contributed by atoms with E-state index in [9.17, 15) is 13.2 Å². The van der Waals surface area contributed by atoms with Crippen molar-refractivity contribution in [2.75, 3.05) is 52.3 Å². The minimum Gasteiger partial charge on any atom is -0.497 e. The van der Waals surface area contributed by atoms with Crippen molar-refractivity contribution in [1.82, 2.24) is 9.80 Å². The Kier molecular flexibility index (Phi) is 8.44. The van der Waals surface area contributed by atoms with Crippen LogP contribution in [0.25, 0.3) is 0 Å². The minimum atomic E-state index is -3.43. The molecule has 3 aliphatic rings. The van der Waals surface area contributed by atoms with Gasteiger partial charge in [-0.3, -0.25) is 4.79 Å². The van der Waals surface area contributed by atoms with Gasteiger partial charge in [-0.2, -0.15) is 0 Å². The van der Waals surface area contributed by atoms with Crippen molar-refractivity contribution >= 4 is 15.7 Å². The SMILES string of the molecule is COc1cc(C)c(S(=O)(=O)CCCOCC(=O)N2CCC3(CC2)CCN(C2CCC2)CC3)c(C)c1. The summed E-state index contributed by atoms with van der Waals surface area (Å²) in [5.74, 6) is 0.680. The molecule has 1 aromatic carbocycles. The van der Waals surface area contributed by atoms with Crippen LogP contribution >= 0.6 is 0 Å². The number of sulfone groups is 1. The monoisotopic (exact) mass is 506 g/mol. The van der Waals surface area contributed by atoms with Crippen molar-refractivity contribution in [3.63, 3.8) is 0 Å². The van der Waals surface area contributed by atoms with Gasteiger partial charge in [-0.05, 0) is 101 Å². The fourth-order valence-corrected chi connectivity index (χ4v) is 7.87. The largest absolute Gasteiger partial charge is 0.497 e. The lowest BCUT2D eigenvalue weighted by atomic mass is 9.70. The number of nitrogens with zero attached hydrogens (tertiary/aromatic N) is 2. The first-order valence-electron chi connectivity index (χ1n) is 13.2. The summed E-state index contributed by atoms with van der Waals surface area (Å²) in [6.45, 7) is 7.94. The lowest BCUT2D eigenvalue weighted by Gasteiger charge is -2.49. The quantitative estimate of drug-likeness (QED) is 0.475. The number of hydrogen-bond donors (Lipinski definition) is 0. The molecule has 4 rings (SSSR count). The highest BCUT2D eigenvalue weighted by atomic mass is 32.2. The summed E-state index contributed by atoms with van der Waals surface area (Å²) < 4.78 is 36.6. The van der Waals surface area contributed by atoms with Gasteiger partial charge in [-0.25, -0.2) is 8.42 Å². The molecule has 0 aromatic heterocycles. The highest BCUT2D eigenvalue weighted by molar-refractivity contribution is 7.91. The molecule has 8 heteroatoms. The molecule has 35 heavy (non-hydrogen) atoms. The van der Waals surface area contributed by atoms with Crippen molar-refractivity contribution in [2.24, 2.45) is 5.41 Å². The van der Waals surface area contributed by atoms with Gasteiger partial charge in [0.1, 0.15) is 12.4 Å². The maximum absolute atomic E-state index is 12.9. The maximum Gasteiger partial charge on any atom is 0.248 e. The van der Waals surface area contributed by atoms with Crippen LogP contribution in [0.15, 0.2) is 17.0 Å². The summed E-state index contributed by atoms with van der Waals surface area (Å²) in [4.78, 5) is 17.6. The minimum absolute atomic E-state index is 0.000686. The second-order valence-electron chi connectivity index (χ2n) is 10.8. The van der Waals surface area contributed by atoms with E-state index < -0.39 is 9.84 Å². The molecule has 0 bridgehead atoms. The third-order valence-corrected chi connectivity index (χ3v) is 10.6. The van der Waals surface area contributed by atoms with E-state index in [2.05, 4.69) is 4.90 Å². The topological polar surface area (TPSA) is 76.2 Å². The average molecular weight is 507 g/mol. The third-order valence-electron chi connectivity index (χ3n) is 8.53. The number of ether oxygens (including phenoxy) is 2. The highest BCUT2D eigenvalue weighted by Crippen LogP contribution is 2.43. The van der Waals surface area contributed by atoms with Gasteiger partial charge in [0, 0.05) is 25.7 Å². The molecule has 2 aliphatic heterocycles. The third kappa shape index (κ3) is 6.20. The second-order valence-corrected chi connectivity index (χ2v) is 12.9. The van der Waals surface area contributed by atoms with Gasteiger partial charge < -0.3 is 19.3 Å². The molecule has 0 unspecified atom stereocenters. The number of carbonyl (C=O) groups is 1. The number of aryl methyl sites for hydroxylation is 2. The van der Waals surface area contributed by atoms with Crippen molar-refractivity contribution in [3.8, 4) is 5.75 Å². The molecule has 2 heterocycles. The Morgan fingerprint density at radius 3 is 2.17 bits per heavy atom. The van der Waals surface area contributed by atoms with Gasteiger partial charge in [0.15, 0.2) is 9.84 Å². The number of carbonyl (C=O) groups excluding carboxylic acids is 1. The van der Waals surface area contributed by atoms with Crippen LogP contribution in [-0.2, 0) is 19.4 Å². The zero-order valence-corrected chi connectivity index (χ0v) is 22.5. The molecule has 3 fully saturated rings. The molecule has 0 radical (unpaired) electrons. The van der Waals surface area contributed by atoms with Crippen LogP contribution in [0.5, 0.6) is 5.75 Å². The zero-order chi connectivity index (χ0) is 25.1. The molecule has 1 spiro atoms. The average Bonchev–Trinajstić information content (AvgIpc) is 2.79. The summed E-state index contributed by atoms with van der Waals surface area (Å²) in [5, 5.41) is 0. The first-order chi connectivity index (χ1) is 16.7. The molecular formula is C27H42N2O5S. The van der Waals surface area contributed by atoms with Crippen molar-refractivity contribution in [2.45, 2.75) is 76.2 Å². The molecule has 1 amide bonds. The Labute approximate surface area is 211 Å². The van der Waals surface area contributed by atoms with E-state index in [0.717, 1.165) is 32.0 Å². The second kappa shape index (κ2) is 11.2. The van der Waals surface area contributed by atoms with Crippen LogP contribution in [0.1, 0.15) is 62.5 Å². The van der Waals surface area contributed by atoms with Gasteiger partial charge in [0.05, 0.1) is 17.8 Å². The van der Waals surface area contributed by atoms with Crippen molar-refractivity contribution in [3.05, 3.63) is 23.3 Å². The summed E-state index contributed by atoms with van der Waals surface area (Å²) in [7, 11) is -1.85. The standard InChI is InChI=1S/C27H42N2O5S/c1-21-18-24(33-3)19-22(2)26(21)35(31,32)17-5-16-34-20-25(30)29-14-10-27(11-15-29)8-12-28(13-9-27)23-6-4-7-23/h18-19,23H,4-17,20H2,1-3H3. The highest BCUT2D eigenvalue weighted by Gasteiger charge is 2.40. The van der Waals surface area contributed by atoms with Crippen LogP contribution in [0.4, 0.5) is 0 Å². The normalized spacial score (nSPS) is 21.2. The van der Waals surface area contributed by atoms with Crippen LogP contribution in [0.3, 0.4) is 0 Å². The molecule has 1 aromatic rings. The van der Waals surface area contributed by atoms with Crippen LogP contribution in [0.2, 0.25) is 0 Å². The van der Waals surface area contributed by atoms with Crippen LogP contribution < -0.4 is 4.74 Å². The van der Waals surface area contributed by atoms with E-state index >= 15 is 0 Å². The first kappa shape index (κ1) is 26.4. The Morgan fingerprint density at radius 2 is 1.63 bits per heavy atom. The predicted molar refractivity (Wildman–Crippen MR) is 137 cm³/mol. The van der Waals surface area contributed by atoms with E-state index in [-0.39, 0.29) is 24.9 Å². The van der Waals surface area contributed by atoms with E-state index in [1.807, 2.05) is 4.90 Å². The fraction of sp³-hybridized carbons (Fsp3) is 0.741. The summed E-state index contributed by atoms with van der Waals surface area (Å²) >= 11 is 0. The predicted octanol–water partition coefficient (Wildman–Crippen LogP) is 3.75. The number of piperidine rings is 2. The van der Waals surface area contributed by atoms with E-state index in [4.69, 9.17) is 9.47 Å². The Bertz CT molecular complexity index is 964. The lowest BCUT2D eigenvalue weighted by molar-refractivity contribution is -0.139. The Balaban J connectivity index is 1.15. The maximum atomic E-state index is 12.9. The molecule has 7 nitrogen and oxygen atoms in total. The molecule has 2 saturated heterocycles. The van der Waals surface area contributed by atoms with E-state index in [1.165, 1.54) is 45.2 Å². The van der Waals surface area contributed by atoms with Gasteiger partial charge in [-0.15, -0.1) is 0 Å². The summed E-state index contributed by atoms with van der Waals surface area (Å²) in [6, 6.07) is 4.33. The van der Waals surface area contributed by atoms with Crippen molar-refractivity contribution < 1.29 is 22.7 Å². The van der Waals surface area contributed by atoms with Gasteiger partial charge in [-0.1, -0.05) is 6.42 Å². The van der Waals surface area contributed by atoms with Gasteiger partial charge in [0.25, 0.3) is 0 Å². The molecule has 196 valence electrons. The summed E-state index contributed by atoms with van der Waals surface area (Å²) in [5.41, 5.74) is 1.80. The molecular weight excluding hydrogens is 464 g/mol. The number of likely N-dealkylation sites (tertiary alicyclic amines) is 2. The van der Waals surface area contributed by atoms with Gasteiger partial charge in [0.2, 0.25) is 5.91 Å². The smallest absolute Gasteiger partial charge is 0.248 e. The number of amides is 1. The molecule has 0 atom stereocenters. The van der Waals surface area contributed by atoms with E-state index in [1.54, 1.807) is 33.1 Å². The van der Waals surface area contributed by atoms with Crippen LogP contribution in [0, 0.1) is 19.3 Å². The summed E-state index contributed by atoms with van der Waals surface area (Å²) in [6.07, 6.45) is 9.23. The molecule has 0 N–H and O–H groups in total. The molecule has 1 aliphatic carbocycles. The van der Waals surface area contributed by atoms with Crippen molar-refractivity contribution in [1.29, 1.82) is 0 Å². The zero-order valence-electron chi connectivity index (χ0n) is 21.7. The molecule has 1 saturated carbocycles. The number of benzene rings is 1. The number of rotatable bonds is 9. The van der Waals surface area contributed by atoms with Gasteiger partial charge >= 0.3 is 0 Å².